The highest BCUT2D eigenvalue weighted by Crippen LogP contribution is 2.29. The zero-order valence-corrected chi connectivity index (χ0v) is 17.9. The minimum absolute atomic E-state index is 0.0616. The number of hydrogen-bond acceptors (Lipinski definition) is 9. The van der Waals surface area contributed by atoms with Crippen molar-refractivity contribution in [2.45, 2.75) is 11.8 Å². The Morgan fingerprint density at radius 1 is 1.19 bits per heavy atom. The Morgan fingerprint density at radius 3 is 2.50 bits per heavy atom. The van der Waals surface area contributed by atoms with Crippen molar-refractivity contribution in [3.8, 4) is 11.4 Å². The van der Waals surface area contributed by atoms with Crippen LogP contribution in [0.1, 0.15) is 17.4 Å². The number of carbonyl (C=O) groups excluding carboxylic acids is 1. The van der Waals surface area contributed by atoms with Gasteiger partial charge in [0, 0.05) is 12.1 Å². The van der Waals surface area contributed by atoms with Crippen LogP contribution >= 0.6 is 11.6 Å². The van der Waals surface area contributed by atoms with Crippen LogP contribution in [0.4, 0.5) is 5.69 Å². The highest BCUT2D eigenvalue weighted by atomic mass is 35.5. The highest BCUT2D eigenvalue weighted by Gasteiger charge is 2.28. The van der Waals surface area contributed by atoms with E-state index in [1.165, 1.54) is 6.92 Å². The number of nitro groups is 1. The fraction of sp³-hybridized carbons (Fsp3) is 0.105. The molecule has 0 N–H and O–H groups in total. The second kappa shape index (κ2) is 9.16. The summed E-state index contributed by atoms with van der Waals surface area (Å²) in [4.78, 5) is 34.4. The number of ether oxygens (including phenoxy) is 1. The molecule has 0 spiro atoms. The van der Waals surface area contributed by atoms with E-state index in [2.05, 4.69) is 5.10 Å². The monoisotopic (exact) mass is 479 g/mol. The molecule has 1 aromatic heterocycles. The van der Waals surface area contributed by atoms with E-state index in [1.54, 1.807) is 30.3 Å². The predicted octanol–water partition coefficient (Wildman–Crippen LogP) is 2.74. The largest absolute Gasteiger partial charge is 0.461 e. The van der Waals surface area contributed by atoms with Gasteiger partial charge in [-0.05, 0) is 25.1 Å². The summed E-state index contributed by atoms with van der Waals surface area (Å²) in [6.45, 7) is 1.46. The van der Waals surface area contributed by atoms with Crippen molar-refractivity contribution in [2.24, 2.45) is 0 Å². The van der Waals surface area contributed by atoms with Gasteiger partial charge in [0.1, 0.15) is 4.90 Å². The van der Waals surface area contributed by atoms with Crippen LogP contribution in [0.3, 0.4) is 0 Å². The topological polar surface area (TPSA) is 148 Å². The summed E-state index contributed by atoms with van der Waals surface area (Å²) in [5.41, 5.74) is -1.65. The van der Waals surface area contributed by atoms with E-state index in [0.29, 0.717) is 11.8 Å². The molecule has 0 saturated heterocycles. The van der Waals surface area contributed by atoms with Gasteiger partial charge in [-0.3, -0.25) is 14.9 Å². The van der Waals surface area contributed by atoms with Crippen LogP contribution in [-0.4, -0.2) is 35.7 Å². The third kappa shape index (κ3) is 4.76. The van der Waals surface area contributed by atoms with E-state index in [-0.39, 0.29) is 11.6 Å². The standard InChI is InChI=1S/C19H14ClN3O8S/c1-2-30-19(25)18-15(11-17(24)22(21-18)12-6-4-3-5-7-12)31-32(28,29)16-10-13(23(26)27)8-9-14(16)20/h3-11H,2H2,1H3. The zero-order valence-electron chi connectivity index (χ0n) is 16.3. The summed E-state index contributed by atoms with van der Waals surface area (Å²) in [6, 6.07) is 11.5. The average Bonchev–Trinajstić information content (AvgIpc) is 2.74. The van der Waals surface area contributed by atoms with Crippen LogP contribution in [0.2, 0.25) is 5.02 Å². The number of esters is 1. The van der Waals surface area contributed by atoms with Crippen molar-refractivity contribution in [1.82, 2.24) is 9.78 Å². The van der Waals surface area contributed by atoms with Gasteiger partial charge < -0.3 is 8.92 Å². The molecule has 11 nitrogen and oxygen atoms in total. The maximum atomic E-state index is 12.8. The first kappa shape index (κ1) is 22.9. The van der Waals surface area contributed by atoms with Gasteiger partial charge >= 0.3 is 16.1 Å². The van der Waals surface area contributed by atoms with Gasteiger partial charge in [0.25, 0.3) is 11.2 Å². The fourth-order valence-electron chi connectivity index (χ4n) is 2.56. The van der Waals surface area contributed by atoms with Crippen molar-refractivity contribution >= 4 is 33.4 Å². The lowest BCUT2D eigenvalue weighted by atomic mass is 10.3. The molecular weight excluding hydrogens is 466 g/mol. The molecule has 3 rings (SSSR count). The summed E-state index contributed by atoms with van der Waals surface area (Å²) < 4.78 is 36.3. The number of non-ortho nitro benzene ring substituents is 1. The number of benzene rings is 2. The molecule has 0 aliphatic rings. The fourth-order valence-corrected chi connectivity index (χ4v) is 3.99. The maximum Gasteiger partial charge on any atom is 0.362 e. The van der Waals surface area contributed by atoms with E-state index in [1.807, 2.05) is 0 Å². The number of nitrogens with zero attached hydrogens (tertiary/aromatic N) is 3. The van der Waals surface area contributed by atoms with Crippen LogP contribution in [0.15, 0.2) is 64.3 Å². The number of hydrogen-bond donors (Lipinski definition) is 0. The smallest absolute Gasteiger partial charge is 0.362 e. The average molecular weight is 480 g/mol. The second-order valence-electron chi connectivity index (χ2n) is 6.07. The molecule has 1 heterocycles. The third-order valence-corrected chi connectivity index (χ3v) is 5.68. The molecule has 2 aromatic carbocycles. The quantitative estimate of drug-likeness (QED) is 0.216. The predicted molar refractivity (Wildman–Crippen MR) is 112 cm³/mol. The molecular formula is C19H14ClN3O8S. The van der Waals surface area contributed by atoms with Crippen molar-refractivity contribution in [2.75, 3.05) is 6.61 Å². The molecule has 13 heteroatoms. The lowest BCUT2D eigenvalue weighted by molar-refractivity contribution is -0.385. The lowest BCUT2D eigenvalue weighted by Gasteiger charge is -2.13. The molecule has 166 valence electrons. The van der Waals surface area contributed by atoms with Crippen LogP contribution in [0.5, 0.6) is 5.75 Å². The molecule has 0 amide bonds. The van der Waals surface area contributed by atoms with Crippen molar-refractivity contribution in [3.05, 3.63) is 85.8 Å². The zero-order chi connectivity index (χ0) is 23.5. The lowest BCUT2D eigenvalue weighted by Crippen LogP contribution is -2.26. The maximum absolute atomic E-state index is 12.8. The van der Waals surface area contributed by atoms with Gasteiger partial charge in [0.05, 0.1) is 28.3 Å². The molecule has 0 atom stereocenters. The van der Waals surface area contributed by atoms with Crippen molar-refractivity contribution < 1.29 is 27.1 Å². The minimum Gasteiger partial charge on any atom is -0.461 e. The van der Waals surface area contributed by atoms with Gasteiger partial charge in [-0.15, -0.1) is 0 Å². The molecule has 32 heavy (non-hydrogen) atoms. The van der Waals surface area contributed by atoms with E-state index in [9.17, 15) is 28.1 Å². The molecule has 0 bridgehead atoms. The minimum atomic E-state index is -4.80. The van der Waals surface area contributed by atoms with E-state index < -0.39 is 48.6 Å². The molecule has 0 fully saturated rings. The number of nitro benzene ring substituents is 1. The van der Waals surface area contributed by atoms with Gasteiger partial charge in [0.2, 0.25) is 5.69 Å². The van der Waals surface area contributed by atoms with Gasteiger partial charge in [-0.25, -0.2) is 4.79 Å². The van der Waals surface area contributed by atoms with Crippen molar-refractivity contribution in [1.29, 1.82) is 0 Å². The van der Waals surface area contributed by atoms with E-state index >= 15 is 0 Å². The molecule has 0 radical (unpaired) electrons. The molecule has 0 saturated carbocycles. The summed E-state index contributed by atoms with van der Waals surface area (Å²) in [5.74, 6) is -1.77. The Kier molecular flexibility index (Phi) is 6.55. The van der Waals surface area contributed by atoms with Gasteiger partial charge in [-0.2, -0.15) is 18.2 Å². The van der Waals surface area contributed by atoms with Crippen LogP contribution < -0.4 is 9.74 Å². The number of aromatic nitrogens is 2. The number of carbonyl (C=O) groups is 1. The normalized spacial score (nSPS) is 11.1. The van der Waals surface area contributed by atoms with Crippen LogP contribution in [-0.2, 0) is 14.9 Å². The summed E-state index contributed by atoms with van der Waals surface area (Å²) in [7, 11) is -4.80. The Bertz CT molecular complexity index is 1360. The summed E-state index contributed by atoms with van der Waals surface area (Å²) in [5, 5.41) is 14.5. The van der Waals surface area contributed by atoms with E-state index in [4.69, 9.17) is 20.5 Å². The Hall–Kier alpha value is -3.77. The first-order valence-electron chi connectivity index (χ1n) is 8.89. The first-order chi connectivity index (χ1) is 15.1. The third-order valence-electron chi connectivity index (χ3n) is 3.96. The Labute approximate surface area is 186 Å². The van der Waals surface area contributed by atoms with Crippen LogP contribution in [0.25, 0.3) is 5.69 Å². The SMILES string of the molecule is CCOC(=O)c1nn(-c2ccccc2)c(=O)cc1OS(=O)(=O)c1cc([N+](=O)[O-])ccc1Cl. The molecule has 3 aromatic rings. The van der Waals surface area contributed by atoms with Gasteiger partial charge in [-0.1, -0.05) is 29.8 Å². The van der Waals surface area contributed by atoms with E-state index in [0.717, 1.165) is 22.9 Å². The molecule has 0 aliphatic carbocycles. The molecule has 0 aliphatic heterocycles. The number of halogens is 1. The first-order valence-corrected chi connectivity index (χ1v) is 10.7. The number of para-hydroxylation sites is 1. The van der Waals surface area contributed by atoms with Gasteiger partial charge in [0.15, 0.2) is 5.75 Å². The van der Waals surface area contributed by atoms with Crippen molar-refractivity contribution in [3.63, 3.8) is 0 Å². The number of rotatable bonds is 7. The second-order valence-corrected chi connectivity index (χ2v) is 7.99. The Morgan fingerprint density at radius 2 is 1.88 bits per heavy atom. The highest BCUT2D eigenvalue weighted by molar-refractivity contribution is 7.87. The summed E-state index contributed by atoms with van der Waals surface area (Å²) in [6.07, 6.45) is 0. The molecule has 0 unspecified atom stereocenters. The Balaban J connectivity index is 2.14. The summed E-state index contributed by atoms with van der Waals surface area (Å²) >= 11 is 5.89. The van der Waals surface area contributed by atoms with Crippen LogP contribution in [0, 0.1) is 10.1 Å².